The number of rotatable bonds is 11. The van der Waals surface area contributed by atoms with Crippen LogP contribution in [-0.2, 0) is 11.3 Å². The van der Waals surface area contributed by atoms with Crippen molar-refractivity contribution >= 4 is 23.3 Å². The highest BCUT2D eigenvalue weighted by atomic mass is 16.5. The van der Waals surface area contributed by atoms with Crippen molar-refractivity contribution in [1.29, 1.82) is 5.41 Å². The van der Waals surface area contributed by atoms with Gasteiger partial charge in [0.05, 0.1) is 24.2 Å². The van der Waals surface area contributed by atoms with E-state index in [1.165, 1.54) is 6.21 Å². The fraction of sp³-hybridized carbons (Fsp3) is 0.200. The second-order valence-corrected chi connectivity index (χ2v) is 7.45. The molecule has 34 heavy (non-hydrogen) atoms. The van der Waals surface area contributed by atoms with Crippen molar-refractivity contribution in [3.05, 3.63) is 78.5 Å². The quantitative estimate of drug-likeness (QED) is 0.233. The van der Waals surface area contributed by atoms with E-state index in [1.807, 2.05) is 60.1 Å². The van der Waals surface area contributed by atoms with E-state index in [0.29, 0.717) is 19.8 Å². The predicted octanol–water partition coefficient (Wildman–Crippen LogP) is 3.64. The van der Waals surface area contributed by atoms with E-state index in [0.717, 1.165) is 45.3 Å². The lowest BCUT2D eigenvalue weighted by molar-refractivity contribution is 0.146. The van der Waals surface area contributed by atoms with Gasteiger partial charge in [0.25, 0.3) is 0 Å². The monoisotopic (exact) mass is 457 g/mol. The minimum Gasteiger partial charge on any atom is -0.491 e. The highest BCUT2D eigenvalue weighted by Crippen LogP contribution is 2.23. The molecule has 4 aromatic rings. The minimum absolute atomic E-state index is 0.486. The van der Waals surface area contributed by atoms with Gasteiger partial charge < -0.3 is 25.5 Å². The first-order valence-electron chi connectivity index (χ1n) is 10.8. The maximum atomic E-state index is 7.55. The molecule has 0 radical (unpaired) electrons. The summed E-state index contributed by atoms with van der Waals surface area (Å²) in [5.74, 6) is 1.46. The molecule has 174 valence electrons. The topological polar surface area (TPSA) is 109 Å². The second-order valence-electron chi connectivity index (χ2n) is 7.45. The molecular formula is C25H27N7O2. The van der Waals surface area contributed by atoms with Gasteiger partial charge in [0.15, 0.2) is 0 Å². The number of ether oxygens (including phenoxy) is 2. The van der Waals surface area contributed by atoms with Gasteiger partial charge in [-0.2, -0.15) is 0 Å². The number of aromatic nitrogens is 4. The van der Waals surface area contributed by atoms with Crippen LogP contribution in [0.5, 0.6) is 5.75 Å². The largest absolute Gasteiger partial charge is 0.491 e. The molecule has 0 aliphatic carbocycles. The van der Waals surface area contributed by atoms with Crippen LogP contribution in [-0.4, -0.2) is 52.9 Å². The van der Waals surface area contributed by atoms with E-state index in [-0.39, 0.29) is 0 Å². The molecule has 1 aromatic carbocycles. The van der Waals surface area contributed by atoms with Crippen LogP contribution in [0, 0.1) is 5.41 Å². The number of nitrogens with one attached hydrogen (secondary N) is 3. The lowest BCUT2D eigenvalue weighted by Crippen LogP contribution is -2.04. The molecule has 0 atom stereocenters. The highest BCUT2D eigenvalue weighted by molar-refractivity contribution is 6.08. The molecule has 3 N–H and O–H groups in total. The van der Waals surface area contributed by atoms with Crippen LogP contribution in [0.2, 0.25) is 0 Å². The fourth-order valence-electron chi connectivity index (χ4n) is 3.45. The van der Waals surface area contributed by atoms with Crippen LogP contribution in [0.3, 0.4) is 0 Å². The van der Waals surface area contributed by atoms with E-state index >= 15 is 0 Å². The Balaban J connectivity index is 1.45. The van der Waals surface area contributed by atoms with Crippen molar-refractivity contribution in [2.24, 2.45) is 0 Å². The summed E-state index contributed by atoms with van der Waals surface area (Å²) in [6.45, 7) is 1.63. The Bertz CT molecular complexity index is 1280. The Morgan fingerprint density at radius 1 is 1.09 bits per heavy atom. The number of hydrogen-bond acceptors (Lipinski definition) is 8. The summed E-state index contributed by atoms with van der Waals surface area (Å²) in [6.07, 6.45) is 8.39. The molecule has 9 nitrogen and oxygen atoms in total. The van der Waals surface area contributed by atoms with Gasteiger partial charge in [0.1, 0.15) is 30.1 Å². The zero-order chi connectivity index (χ0) is 23.8. The first-order chi connectivity index (χ1) is 16.7. The Morgan fingerprint density at radius 3 is 2.71 bits per heavy atom. The fourth-order valence-corrected chi connectivity index (χ4v) is 3.45. The molecular weight excluding hydrogens is 430 g/mol. The lowest BCUT2D eigenvalue weighted by Gasteiger charge is -2.09. The van der Waals surface area contributed by atoms with Gasteiger partial charge in [-0.3, -0.25) is 4.40 Å². The van der Waals surface area contributed by atoms with Crippen LogP contribution < -0.4 is 15.4 Å². The Kier molecular flexibility index (Phi) is 7.46. The van der Waals surface area contributed by atoms with Crippen LogP contribution in [0.15, 0.2) is 67.4 Å². The van der Waals surface area contributed by atoms with E-state index in [9.17, 15) is 0 Å². The first kappa shape index (κ1) is 22.9. The third-order valence-corrected chi connectivity index (χ3v) is 5.19. The Morgan fingerprint density at radius 2 is 1.94 bits per heavy atom. The Hall–Kier alpha value is -4.24. The van der Waals surface area contributed by atoms with Gasteiger partial charge in [-0.25, -0.2) is 15.0 Å². The van der Waals surface area contributed by atoms with Crippen molar-refractivity contribution in [2.75, 3.05) is 32.7 Å². The number of hydrogen-bond donors (Lipinski definition) is 3. The summed E-state index contributed by atoms with van der Waals surface area (Å²) in [7, 11) is 3.47. The smallest absolute Gasteiger partial charge is 0.140 e. The summed E-state index contributed by atoms with van der Waals surface area (Å²) in [6, 6.07) is 13.8. The summed E-state index contributed by atoms with van der Waals surface area (Å²) < 4.78 is 12.7. The average Bonchev–Trinajstić information content (AvgIpc) is 3.30. The molecule has 0 aliphatic rings. The number of anilines is 1. The first-order valence-corrected chi connectivity index (χ1v) is 10.8. The van der Waals surface area contributed by atoms with Crippen molar-refractivity contribution in [3.63, 3.8) is 0 Å². The molecule has 3 heterocycles. The maximum Gasteiger partial charge on any atom is 0.140 e. The number of methoxy groups -OCH3 is 1. The second kappa shape index (κ2) is 11.1. The lowest BCUT2D eigenvalue weighted by atomic mass is 10.1. The summed E-state index contributed by atoms with van der Waals surface area (Å²) >= 11 is 0. The van der Waals surface area contributed by atoms with Crippen LogP contribution in [0.4, 0.5) is 5.82 Å². The summed E-state index contributed by atoms with van der Waals surface area (Å²) in [4.78, 5) is 13.3. The van der Waals surface area contributed by atoms with Crippen LogP contribution in [0.1, 0.15) is 11.1 Å². The van der Waals surface area contributed by atoms with E-state index < -0.39 is 0 Å². The minimum atomic E-state index is 0.486. The normalized spacial score (nSPS) is 11.4. The summed E-state index contributed by atoms with van der Waals surface area (Å²) in [5.41, 5.74) is 5.31. The molecule has 9 heteroatoms. The van der Waals surface area contributed by atoms with Gasteiger partial charge in [0.2, 0.25) is 0 Å². The maximum absolute atomic E-state index is 7.55. The average molecular weight is 458 g/mol. The number of benzene rings is 1. The Labute approximate surface area is 198 Å². The van der Waals surface area contributed by atoms with Crippen LogP contribution >= 0.6 is 0 Å². The number of imidazole rings is 1. The molecule has 0 fully saturated rings. The van der Waals surface area contributed by atoms with Crippen molar-refractivity contribution in [1.82, 2.24) is 24.7 Å². The SMILES string of the molecule is CN/C=C(\C=N)c1ccc(CNc2cc(-c3cnc4cc(OCCOC)ccn34)ncn2)cc1. The molecule has 0 aliphatic heterocycles. The third-order valence-electron chi connectivity index (χ3n) is 5.19. The zero-order valence-electron chi connectivity index (χ0n) is 19.2. The van der Waals surface area contributed by atoms with Crippen molar-refractivity contribution < 1.29 is 9.47 Å². The van der Waals surface area contributed by atoms with Gasteiger partial charge in [0, 0.05) is 57.0 Å². The number of fused-ring (bicyclic) bond motifs is 1. The van der Waals surface area contributed by atoms with Gasteiger partial charge in [-0.05, 0) is 17.2 Å². The molecule has 0 bridgehead atoms. The summed E-state index contributed by atoms with van der Waals surface area (Å²) in [5, 5.41) is 13.9. The molecule has 0 spiro atoms. The number of allylic oxidation sites excluding steroid dienone is 1. The standard InChI is InChI=1S/C25H27N7O2/c1-27-15-20(13-26)19-5-3-18(4-6-19)14-28-24-12-22(30-17-31-24)23-16-29-25-11-21(7-8-32(23)25)34-10-9-33-2/h3-8,11-13,15-17,26-27H,9-10,14H2,1-2H3,(H,28,30,31)/b20-15+,26-13?. The molecule has 4 rings (SSSR count). The van der Waals surface area contributed by atoms with E-state index in [2.05, 4.69) is 25.6 Å². The predicted molar refractivity (Wildman–Crippen MR) is 133 cm³/mol. The van der Waals surface area contributed by atoms with E-state index in [4.69, 9.17) is 14.9 Å². The third kappa shape index (κ3) is 5.38. The van der Waals surface area contributed by atoms with Crippen molar-refractivity contribution in [2.45, 2.75) is 6.54 Å². The van der Waals surface area contributed by atoms with Crippen LogP contribution in [0.25, 0.3) is 22.6 Å². The van der Waals surface area contributed by atoms with Gasteiger partial charge in [-0.15, -0.1) is 0 Å². The molecule has 0 unspecified atom stereocenters. The highest BCUT2D eigenvalue weighted by Gasteiger charge is 2.10. The number of pyridine rings is 1. The van der Waals surface area contributed by atoms with E-state index in [1.54, 1.807) is 25.8 Å². The molecule has 0 saturated carbocycles. The molecule has 0 saturated heterocycles. The number of nitrogens with zero attached hydrogens (tertiary/aromatic N) is 4. The van der Waals surface area contributed by atoms with Crippen molar-refractivity contribution in [3.8, 4) is 17.1 Å². The molecule has 0 amide bonds. The molecule has 3 aromatic heterocycles. The van der Waals surface area contributed by atoms with Gasteiger partial charge >= 0.3 is 0 Å². The van der Waals surface area contributed by atoms with Gasteiger partial charge in [-0.1, -0.05) is 24.3 Å². The zero-order valence-corrected chi connectivity index (χ0v) is 19.2.